The maximum absolute atomic E-state index is 12.9. The zero-order chi connectivity index (χ0) is 20.2. The van der Waals surface area contributed by atoms with Crippen LogP contribution in [0, 0.1) is 5.82 Å². The maximum Gasteiger partial charge on any atom is 0.214 e. The molecule has 29 heavy (non-hydrogen) atoms. The van der Waals surface area contributed by atoms with Gasteiger partial charge >= 0.3 is 0 Å². The highest BCUT2D eigenvalue weighted by atomic mass is 19.1. The van der Waals surface area contributed by atoms with Gasteiger partial charge in [0.15, 0.2) is 0 Å². The van der Waals surface area contributed by atoms with Crippen LogP contribution in [-0.4, -0.2) is 17.4 Å². The Morgan fingerprint density at radius 3 is 2.69 bits per heavy atom. The van der Waals surface area contributed by atoms with E-state index in [4.69, 9.17) is 0 Å². The zero-order valence-electron chi connectivity index (χ0n) is 16.6. The summed E-state index contributed by atoms with van der Waals surface area (Å²) in [5.74, 6) is -0.230. The van der Waals surface area contributed by atoms with Gasteiger partial charge in [0, 0.05) is 23.5 Å². The molecule has 1 aliphatic carbocycles. The number of aryl methyl sites for hydroxylation is 2. The van der Waals surface area contributed by atoms with Gasteiger partial charge in [0.05, 0.1) is 5.69 Å². The molecule has 2 heterocycles. The minimum Gasteiger partial charge on any atom is -0.311 e. The lowest BCUT2D eigenvalue weighted by atomic mass is 10.0. The molecule has 148 valence electrons. The zero-order valence-corrected chi connectivity index (χ0v) is 16.6. The largest absolute Gasteiger partial charge is 0.311 e. The molecule has 1 atom stereocenters. The highest BCUT2D eigenvalue weighted by molar-refractivity contribution is 5.80. The normalized spacial score (nSPS) is 16.6. The third-order valence-electron chi connectivity index (χ3n) is 5.81. The van der Waals surface area contributed by atoms with Crippen molar-refractivity contribution >= 4 is 12.1 Å². The topological polar surface area (TPSA) is 33.2 Å². The van der Waals surface area contributed by atoms with E-state index in [0.717, 1.165) is 36.2 Å². The number of hydrogen-bond donors (Lipinski definition) is 0. The highest BCUT2D eigenvalue weighted by Crippen LogP contribution is 2.32. The van der Waals surface area contributed by atoms with Gasteiger partial charge in [0.1, 0.15) is 5.82 Å². The summed E-state index contributed by atoms with van der Waals surface area (Å²) in [6.45, 7) is 2.03. The summed E-state index contributed by atoms with van der Waals surface area (Å²) in [5.41, 5.74) is 7.15. The molecule has 3 nitrogen and oxygen atoms in total. The van der Waals surface area contributed by atoms with E-state index in [9.17, 15) is 9.18 Å². The van der Waals surface area contributed by atoms with Crippen molar-refractivity contribution in [2.75, 3.05) is 4.90 Å². The van der Waals surface area contributed by atoms with Crippen molar-refractivity contribution in [1.29, 1.82) is 0 Å². The van der Waals surface area contributed by atoms with Crippen LogP contribution in [0.2, 0.25) is 0 Å². The van der Waals surface area contributed by atoms with Crippen molar-refractivity contribution in [3.8, 4) is 11.3 Å². The predicted octanol–water partition coefficient (Wildman–Crippen LogP) is 5.36. The van der Waals surface area contributed by atoms with Crippen LogP contribution in [0.15, 0.2) is 60.8 Å². The summed E-state index contributed by atoms with van der Waals surface area (Å²) in [6.07, 6.45) is 8.13. The van der Waals surface area contributed by atoms with Gasteiger partial charge in [-0.15, -0.1) is 0 Å². The van der Waals surface area contributed by atoms with Gasteiger partial charge in [-0.05, 0) is 85.2 Å². The van der Waals surface area contributed by atoms with Crippen LogP contribution >= 0.6 is 0 Å². The Bertz CT molecular complexity index is 1000. The number of amides is 1. The van der Waals surface area contributed by atoms with E-state index >= 15 is 0 Å². The molecule has 0 saturated heterocycles. The monoisotopic (exact) mass is 388 g/mol. The molecule has 1 aromatic heterocycles. The van der Waals surface area contributed by atoms with Crippen molar-refractivity contribution in [3.05, 3.63) is 83.3 Å². The second-order valence-corrected chi connectivity index (χ2v) is 7.60. The van der Waals surface area contributed by atoms with Gasteiger partial charge in [0.25, 0.3) is 0 Å². The first-order valence-electron chi connectivity index (χ1n) is 10.2. The molecule has 2 aromatic carbocycles. The Kier molecular flexibility index (Phi) is 5.70. The average Bonchev–Trinajstić information content (AvgIpc) is 3.37. The van der Waals surface area contributed by atoms with Crippen LogP contribution in [0.25, 0.3) is 11.3 Å². The number of aromatic nitrogens is 1. The Hall–Kier alpha value is -3.01. The van der Waals surface area contributed by atoms with E-state index in [1.165, 1.54) is 48.1 Å². The number of hydrogen-bond acceptors (Lipinski definition) is 2. The number of halogens is 1. The number of nitrogens with zero attached hydrogens (tertiary/aromatic N) is 2. The molecular formula is C25H25FN2O. The van der Waals surface area contributed by atoms with Crippen LogP contribution in [-0.2, 0) is 24.1 Å². The quantitative estimate of drug-likeness (QED) is 0.566. The predicted molar refractivity (Wildman–Crippen MR) is 114 cm³/mol. The Morgan fingerprint density at radius 2 is 1.93 bits per heavy atom. The average molecular weight is 388 g/mol. The molecule has 1 aliphatic heterocycles. The summed E-state index contributed by atoms with van der Waals surface area (Å²) in [4.78, 5) is 16.9. The summed E-state index contributed by atoms with van der Waals surface area (Å²) in [7, 11) is 0. The van der Waals surface area contributed by atoms with E-state index in [-0.39, 0.29) is 11.9 Å². The molecule has 3 aromatic rings. The third-order valence-corrected chi connectivity index (χ3v) is 5.81. The summed E-state index contributed by atoms with van der Waals surface area (Å²) >= 11 is 0. The fourth-order valence-corrected chi connectivity index (χ4v) is 4.27. The second-order valence-electron chi connectivity index (χ2n) is 7.60. The summed E-state index contributed by atoms with van der Waals surface area (Å²) < 4.78 is 12.9. The standard InChI is InChI=1S/C14H13N.C11H12FNO/c1-2-9-15-14(6-1)13-8-7-11-4-3-5-12(11)10-13;1-2-10-6-8-5-9(12)3-4-11(8)13(10)7-14/h1-2,6-10H,3-5H2;3-5,7,10H,2,6H2,1H3. The first-order valence-corrected chi connectivity index (χ1v) is 10.2. The van der Waals surface area contributed by atoms with Crippen LogP contribution in [0.4, 0.5) is 10.1 Å². The molecule has 2 aliphatic rings. The number of pyridine rings is 1. The summed E-state index contributed by atoms with van der Waals surface area (Å²) in [6, 6.07) is 17.6. The van der Waals surface area contributed by atoms with E-state index in [0.29, 0.717) is 0 Å². The molecule has 0 saturated carbocycles. The van der Waals surface area contributed by atoms with Gasteiger partial charge in [0.2, 0.25) is 6.41 Å². The number of carbonyl (C=O) groups is 1. The van der Waals surface area contributed by atoms with E-state index < -0.39 is 0 Å². The van der Waals surface area contributed by atoms with E-state index in [1.54, 1.807) is 11.0 Å². The van der Waals surface area contributed by atoms with Crippen molar-refractivity contribution in [3.63, 3.8) is 0 Å². The number of carbonyl (C=O) groups excluding carboxylic acids is 1. The first kappa shape index (κ1) is 19.3. The number of fused-ring (bicyclic) bond motifs is 2. The van der Waals surface area contributed by atoms with Crippen molar-refractivity contribution in [2.24, 2.45) is 0 Å². The highest BCUT2D eigenvalue weighted by Gasteiger charge is 2.27. The van der Waals surface area contributed by atoms with Gasteiger partial charge in [-0.2, -0.15) is 0 Å². The molecule has 1 amide bonds. The lowest BCUT2D eigenvalue weighted by molar-refractivity contribution is -0.107. The number of anilines is 1. The Morgan fingerprint density at radius 1 is 1.07 bits per heavy atom. The number of rotatable bonds is 3. The van der Waals surface area contributed by atoms with Crippen molar-refractivity contribution in [1.82, 2.24) is 4.98 Å². The smallest absolute Gasteiger partial charge is 0.214 e. The van der Waals surface area contributed by atoms with Crippen molar-refractivity contribution in [2.45, 2.75) is 45.1 Å². The van der Waals surface area contributed by atoms with Crippen LogP contribution in [0.3, 0.4) is 0 Å². The first-order chi connectivity index (χ1) is 14.2. The van der Waals surface area contributed by atoms with E-state index in [2.05, 4.69) is 29.2 Å². The fourth-order valence-electron chi connectivity index (χ4n) is 4.27. The van der Waals surface area contributed by atoms with Crippen LogP contribution < -0.4 is 4.90 Å². The molecular weight excluding hydrogens is 363 g/mol. The third kappa shape index (κ3) is 4.07. The van der Waals surface area contributed by atoms with Crippen LogP contribution in [0.1, 0.15) is 36.5 Å². The lowest BCUT2D eigenvalue weighted by Gasteiger charge is -2.18. The minimum atomic E-state index is -0.230. The molecule has 0 bridgehead atoms. The Balaban J connectivity index is 0.000000142. The molecule has 0 radical (unpaired) electrons. The molecule has 5 rings (SSSR count). The van der Waals surface area contributed by atoms with Gasteiger partial charge in [-0.3, -0.25) is 9.78 Å². The van der Waals surface area contributed by atoms with Crippen LogP contribution in [0.5, 0.6) is 0 Å². The number of benzene rings is 2. The second kappa shape index (κ2) is 8.56. The molecule has 1 unspecified atom stereocenters. The van der Waals surface area contributed by atoms with Crippen molar-refractivity contribution < 1.29 is 9.18 Å². The summed E-state index contributed by atoms with van der Waals surface area (Å²) in [5, 5.41) is 0. The lowest BCUT2D eigenvalue weighted by Crippen LogP contribution is -2.29. The maximum atomic E-state index is 12.9. The van der Waals surface area contributed by atoms with Gasteiger partial charge < -0.3 is 4.90 Å². The van der Waals surface area contributed by atoms with Gasteiger partial charge in [-0.25, -0.2) is 4.39 Å². The fraction of sp³-hybridized carbons (Fsp3) is 0.280. The molecule has 4 heteroatoms. The Labute approximate surface area is 171 Å². The molecule has 0 N–H and O–H groups in total. The molecule has 0 fully saturated rings. The minimum absolute atomic E-state index is 0.198. The van der Waals surface area contributed by atoms with Gasteiger partial charge in [-0.1, -0.05) is 25.1 Å². The molecule has 0 spiro atoms. The SMILES string of the molecule is CCC1Cc2cc(F)ccc2N1C=O.c1ccc(-c2ccc3c(c2)CCC3)nc1. The van der Waals surface area contributed by atoms with E-state index in [1.807, 2.05) is 25.3 Å².